The Morgan fingerprint density at radius 1 is 1.41 bits per heavy atom. The van der Waals surface area contributed by atoms with Crippen molar-refractivity contribution >= 4 is 0 Å². The van der Waals surface area contributed by atoms with E-state index in [2.05, 4.69) is 18.0 Å². The molecule has 94 valence electrons. The summed E-state index contributed by atoms with van der Waals surface area (Å²) in [5, 5.41) is 0. The van der Waals surface area contributed by atoms with Crippen molar-refractivity contribution in [2.75, 3.05) is 0 Å². The fourth-order valence-corrected chi connectivity index (χ4v) is 2.99. The van der Waals surface area contributed by atoms with E-state index in [-0.39, 0.29) is 6.04 Å². The van der Waals surface area contributed by atoms with E-state index < -0.39 is 0 Å². The van der Waals surface area contributed by atoms with Crippen LogP contribution in [0.3, 0.4) is 0 Å². The van der Waals surface area contributed by atoms with Gasteiger partial charge in [-0.1, -0.05) is 38.7 Å². The van der Waals surface area contributed by atoms with E-state index in [9.17, 15) is 0 Å². The molecule has 0 amide bonds. The number of hydrogen-bond donors (Lipinski definition) is 1. The highest BCUT2D eigenvalue weighted by molar-refractivity contribution is 5.18. The number of rotatable bonds is 6. The summed E-state index contributed by atoms with van der Waals surface area (Å²) in [7, 11) is 0. The van der Waals surface area contributed by atoms with Crippen molar-refractivity contribution in [3.63, 3.8) is 0 Å². The van der Waals surface area contributed by atoms with Crippen molar-refractivity contribution < 1.29 is 0 Å². The summed E-state index contributed by atoms with van der Waals surface area (Å²) < 4.78 is 0. The van der Waals surface area contributed by atoms with Crippen LogP contribution in [0.5, 0.6) is 0 Å². The van der Waals surface area contributed by atoms with Gasteiger partial charge in [-0.15, -0.1) is 0 Å². The molecule has 0 spiro atoms. The standard InChI is InChI=1S/C15H24N2/c1-2-3-4-8-15(9-6-10-15)14(16)13-7-5-11-17-12-13/h5,7,11-12,14H,2-4,6,8-10,16H2,1H3. The summed E-state index contributed by atoms with van der Waals surface area (Å²) in [6.45, 7) is 2.26. The van der Waals surface area contributed by atoms with Crippen LogP contribution in [0, 0.1) is 5.41 Å². The van der Waals surface area contributed by atoms with E-state index in [0.717, 1.165) is 0 Å². The van der Waals surface area contributed by atoms with Crippen LogP contribution in [-0.2, 0) is 0 Å². The molecule has 2 nitrogen and oxygen atoms in total. The summed E-state index contributed by atoms with van der Waals surface area (Å²) in [6.07, 6.45) is 12.9. The second-order valence-electron chi connectivity index (χ2n) is 5.44. The summed E-state index contributed by atoms with van der Waals surface area (Å²) in [6, 6.07) is 4.30. The molecular weight excluding hydrogens is 208 g/mol. The number of nitrogens with zero attached hydrogens (tertiary/aromatic N) is 1. The first-order valence-electron chi connectivity index (χ1n) is 6.94. The van der Waals surface area contributed by atoms with E-state index in [1.54, 1.807) is 0 Å². The van der Waals surface area contributed by atoms with Crippen molar-refractivity contribution in [2.24, 2.45) is 11.1 Å². The maximum absolute atomic E-state index is 6.48. The van der Waals surface area contributed by atoms with Gasteiger partial charge in [0.2, 0.25) is 0 Å². The van der Waals surface area contributed by atoms with Crippen LogP contribution >= 0.6 is 0 Å². The molecule has 1 aliphatic rings. The molecule has 1 saturated carbocycles. The SMILES string of the molecule is CCCCCC1(C(N)c2cccnc2)CCC1. The first kappa shape index (κ1) is 12.6. The van der Waals surface area contributed by atoms with Crippen molar-refractivity contribution in [2.45, 2.75) is 57.9 Å². The maximum atomic E-state index is 6.48. The number of nitrogens with two attached hydrogens (primary N) is 1. The second kappa shape index (κ2) is 5.63. The van der Waals surface area contributed by atoms with Gasteiger partial charge in [0.05, 0.1) is 0 Å². The lowest BCUT2D eigenvalue weighted by molar-refractivity contribution is 0.0775. The predicted octanol–water partition coefficient (Wildman–Crippen LogP) is 3.83. The number of hydrogen-bond acceptors (Lipinski definition) is 2. The van der Waals surface area contributed by atoms with E-state index >= 15 is 0 Å². The Balaban J connectivity index is 2.02. The minimum atomic E-state index is 0.182. The normalized spacial score (nSPS) is 19.6. The van der Waals surface area contributed by atoms with Gasteiger partial charge in [0.25, 0.3) is 0 Å². The average Bonchev–Trinajstić information content (AvgIpc) is 2.33. The third kappa shape index (κ3) is 2.68. The molecule has 2 heteroatoms. The molecule has 0 aliphatic heterocycles. The van der Waals surface area contributed by atoms with Crippen LogP contribution in [0.25, 0.3) is 0 Å². The Morgan fingerprint density at radius 2 is 2.24 bits per heavy atom. The molecule has 1 heterocycles. The lowest BCUT2D eigenvalue weighted by atomic mass is 9.60. The Hall–Kier alpha value is -0.890. The zero-order valence-electron chi connectivity index (χ0n) is 10.9. The van der Waals surface area contributed by atoms with Gasteiger partial charge in [-0.05, 0) is 36.3 Å². The number of pyridine rings is 1. The molecule has 1 unspecified atom stereocenters. The molecule has 2 N–H and O–H groups in total. The van der Waals surface area contributed by atoms with E-state index in [4.69, 9.17) is 5.73 Å². The van der Waals surface area contributed by atoms with Crippen LogP contribution in [0.1, 0.15) is 63.5 Å². The van der Waals surface area contributed by atoms with Crippen molar-refractivity contribution in [3.8, 4) is 0 Å². The van der Waals surface area contributed by atoms with Crippen molar-refractivity contribution in [1.29, 1.82) is 0 Å². The monoisotopic (exact) mass is 232 g/mol. The third-order valence-corrected chi connectivity index (χ3v) is 4.33. The first-order chi connectivity index (χ1) is 8.28. The molecular formula is C15H24N2. The van der Waals surface area contributed by atoms with Crippen molar-refractivity contribution in [1.82, 2.24) is 4.98 Å². The van der Waals surface area contributed by atoms with Gasteiger partial charge < -0.3 is 5.73 Å². The molecule has 0 aromatic carbocycles. The molecule has 0 radical (unpaired) electrons. The molecule has 1 atom stereocenters. The van der Waals surface area contributed by atoms with Crippen LogP contribution in [0.15, 0.2) is 24.5 Å². The van der Waals surface area contributed by atoms with Gasteiger partial charge in [-0.2, -0.15) is 0 Å². The third-order valence-electron chi connectivity index (χ3n) is 4.33. The van der Waals surface area contributed by atoms with Gasteiger partial charge in [0.15, 0.2) is 0 Å². The Labute approximate surface area is 105 Å². The van der Waals surface area contributed by atoms with Gasteiger partial charge in [0.1, 0.15) is 0 Å². The smallest absolute Gasteiger partial charge is 0.0367 e. The largest absolute Gasteiger partial charge is 0.323 e. The summed E-state index contributed by atoms with van der Waals surface area (Å²) in [4.78, 5) is 4.19. The molecule has 1 aromatic rings. The lowest BCUT2D eigenvalue weighted by Gasteiger charge is -2.47. The Kier molecular flexibility index (Phi) is 4.16. The summed E-state index contributed by atoms with van der Waals surface area (Å²) >= 11 is 0. The molecule has 17 heavy (non-hydrogen) atoms. The zero-order valence-corrected chi connectivity index (χ0v) is 10.9. The fourth-order valence-electron chi connectivity index (χ4n) is 2.99. The topological polar surface area (TPSA) is 38.9 Å². The van der Waals surface area contributed by atoms with Crippen LogP contribution < -0.4 is 5.73 Å². The van der Waals surface area contributed by atoms with Gasteiger partial charge in [-0.25, -0.2) is 0 Å². The maximum Gasteiger partial charge on any atom is 0.0367 e. The van der Waals surface area contributed by atoms with E-state index in [0.29, 0.717) is 5.41 Å². The fraction of sp³-hybridized carbons (Fsp3) is 0.667. The minimum absolute atomic E-state index is 0.182. The molecule has 1 fully saturated rings. The molecule has 1 aliphatic carbocycles. The minimum Gasteiger partial charge on any atom is -0.323 e. The van der Waals surface area contributed by atoms with Crippen molar-refractivity contribution in [3.05, 3.63) is 30.1 Å². The molecule has 1 aromatic heterocycles. The molecule has 0 saturated heterocycles. The van der Waals surface area contributed by atoms with E-state index in [1.165, 1.54) is 50.5 Å². The predicted molar refractivity (Wildman–Crippen MR) is 71.6 cm³/mol. The zero-order chi connectivity index (χ0) is 12.1. The highest BCUT2D eigenvalue weighted by Gasteiger charge is 2.42. The average molecular weight is 232 g/mol. The second-order valence-corrected chi connectivity index (χ2v) is 5.44. The highest BCUT2D eigenvalue weighted by Crippen LogP contribution is 2.52. The highest BCUT2D eigenvalue weighted by atomic mass is 14.7. The van der Waals surface area contributed by atoms with Crippen LogP contribution in [0.4, 0.5) is 0 Å². The van der Waals surface area contributed by atoms with Gasteiger partial charge >= 0.3 is 0 Å². The summed E-state index contributed by atoms with van der Waals surface area (Å²) in [5.74, 6) is 0. The molecule has 2 rings (SSSR count). The van der Waals surface area contributed by atoms with Crippen LogP contribution in [0.2, 0.25) is 0 Å². The lowest BCUT2D eigenvalue weighted by Crippen LogP contribution is -2.40. The van der Waals surface area contributed by atoms with E-state index in [1.807, 2.05) is 18.5 Å². The van der Waals surface area contributed by atoms with Crippen LogP contribution in [-0.4, -0.2) is 4.98 Å². The molecule has 0 bridgehead atoms. The Bertz CT molecular complexity index is 330. The van der Waals surface area contributed by atoms with Gasteiger partial charge in [0, 0.05) is 18.4 Å². The van der Waals surface area contributed by atoms with Gasteiger partial charge in [-0.3, -0.25) is 4.98 Å². The Morgan fingerprint density at radius 3 is 2.76 bits per heavy atom. The number of unbranched alkanes of at least 4 members (excludes halogenated alkanes) is 2. The number of aromatic nitrogens is 1. The summed E-state index contributed by atoms with van der Waals surface area (Å²) in [5.41, 5.74) is 8.06. The quantitative estimate of drug-likeness (QED) is 0.757. The first-order valence-corrected chi connectivity index (χ1v) is 6.94.